The van der Waals surface area contributed by atoms with Gasteiger partial charge in [-0.3, -0.25) is 9.69 Å². The lowest BCUT2D eigenvalue weighted by Crippen LogP contribution is -2.36. The van der Waals surface area contributed by atoms with Gasteiger partial charge in [0.05, 0.1) is 13.5 Å². The van der Waals surface area contributed by atoms with E-state index in [4.69, 9.17) is 9.47 Å². The average molecular weight is 289 g/mol. The van der Waals surface area contributed by atoms with E-state index in [2.05, 4.69) is 24.0 Å². The van der Waals surface area contributed by atoms with Crippen molar-refractivity contribution in [2.45, 2.75) is 38.8 Å². The summed E-state index contributed by atoms with van der Waals surface area (Å²) in [5.41, 5.74) is 1.36. The molecule has 1 saturated carbocycles. The number of hydrogen-bond donors (Lipinski definition) is 0. The average Bonchev–Trinajstić information content (AvgIpc) is 3.21. The number of rotatable bonds is 4. The third-order valence-electron chi connectivity index (χ3n) is 4.47. The Hall–Kier alpha value is -1.55. The van der Waals surface area contributed by atoms with E-state index in [1.807, 2.05) is 12.1 Å². The van der Waals surface area contributed by atoms with E-state index in [0.29, 0.717) is 6.42 Å². The summed E-state index contributed by atoms with van der Waals surface area (Å²) in [6.45, 7) is 4.85. The molecule has 3 rings (SSSR count). The molecule has 4 heteroatoms. The number of carbonyl (C=O) groups is 1. The second-order valence-corrected chi connectivity index (χ2v) is 6.46. The van der Waals surface area contributed by atoms with Crippen molar-refractivity contribution < 1.29 is 14.3 Å². The number of hydrogen-bond acceptors (Lipinski definition) is 4. The molecule has 4 nitrogen and oxygen atoms in total. The molecular weight excluding hydrogens is 266 g/mol. The monoisotopic (exact) mass is 289 g/mol. The van der Waals surface area contributed by atoms with E-state index >= 15 is 0 Å². The van der Waals surface area contributed by atoms with Crippen LogP contribution < -0.4 is 4.74 Å². The highest BCUT2D eigenvalue weighted by atomic mass is 16.5. The van der Waals surface area contributed by atoms with Gasteiger partial charge in [-0.2, -0.15) is 0 Å². The smallest absolute Gasteiger partial charge is 0.306 e. The maximum absolute atomic E-state index is 11.6. The van der Waals surface area contributed by atoms with Crippen LogP contribution in [0.3, 0.4) is 0 Å². The molecule has 0 aromatic heterocycles. The summed E-state index contributed by atoms with van der Waals surface area (Å²) >= 11 is 0. The van der Waals surface area contributed by atoms with Crippen molar-refractivity contribution >= 4 is 5.97 Å². The summed E-state index contributed by atoms with van der Waals surface area (Å²) in [4.78, 5) is 14.0. The molecule has 1 aliphatic heterocycles. The van der Waals surface area contributed by atoms with E-state index in [0.717, 1.165) is 38.2 Å². The van der Waals surface area contributed by atoms with E-state index in [1.165, 1.54) is 12.7 Å². The second-order valence-electron chi connectivity index (χ2n) is 6.46. The van der Waals surface area contributed by atoms with Crippen molar-refractivity contribution in [3.8, 4) is 5.75 Å². The van der Waals surface area contributed by atoms with E-state index in [9.17, 15) is 4.79 Å². The largest absolute Gasteiger partial charge is 0.489 e. The molecule has 21 heavy (non-hydrogen) atoms. The van der Waals surface area contributed by atoms with Gasteiger partial charge in [-0.15, -0.1) is 0 Å². The summed E-state index contributed by atoms with van der Waals surface area (Å²) in [5, 5.41) is 0. The number of fused-ring (bicyclic) bond motifs is 1. The fourth-order valence-corrected chi connectivity index (χ4v) is 3.21. The van der Waals surface area contributed by atoms with Gasteiger partial charge >= 0.3 is 5.97 Å². The van der Waals surface area contributed by atoms with Crippen molar-refractivity contribution in [3.05, 3.63) is 29.8 Å². The number of methoxy groups -OCH3 is 1. The van der Waals surface area contributed by atoms with Gasteiger partial charge in [0.2, 0.25) is 0 Å². The van der Waals surface area contributed by atoms with E-state index < -0.39 is 0 Å². The Balaban J connectivity index is 1.70. The van der Waals surface area contributed by atoms with Gasteiger partial charge in [0, 0.05) is 25.2 Å². The van der Waals surface area contributed by atoms with Crippen LogP contribution in [0.4, 0.5) is 0 Å². The van der Waals surface area contributed by atoms with Gasteiger partial charge in [-0.1, -0.05) is 18.2 Å². The van der Waals surface area contributed by atoms with Gasteiger partial charge in [0.1, 0.15) is 11.9 Å². The minimum Gasteiger partial charge on any atom is -0.489 e. The number of benzene rings is 1. The molecule has 0 spiro atoms. The third kappa shape index (κ3) is 3.38. The molecule has 1 fully saturated rings. The Kier molecular flexibility index (Phi) is 3.89. The third-order valence-corrected chi connectivity index (χ3v) is 4.47. The normalized spacial score (nSPS) is 23.6. The highest BCUT2D eigenvalue weighted by Gasteiger charge is 2.46. The number of ether oxygens (including phenoxy) is 2. The molecule has 0 N–H and O–H groups in total. The highest BCUT2D eigenvalue weighted by Crippen LogP contribution is 2.50. The summed E-state index contributed by atoms with van der Waals surface area (Å²) in [5.74, 6) is 0.900. The molecule has 2 aliphatic rings. The molecule has 1 aromatic rings. The van der Waals surface area contributed by atoms with E-state index in [-0.39, 0.29) is 17.5 Å². The van der Waals surface area contributed by atoms with Crippen LogP contribution in [0.2, 0.25) is 0 Å². The first-order valence-electron chi connectivity index (χ1n) is 7.64. The zero-order valence-corrected chi connectivity index (χ0v) is 12.8. The predicted octanol–water partition coefficient (Wildman–Crippen LogP) is 2.61. The van der Waals surface area contributed by atoms with Crippen LogP contribution in [0.5, 0.6) is 5.75 Å². The van der Waals surface area contributed by atoms with Crippen molar-refractivity contribution in [1.29, 1.82) is 0 Å². The lowest BCUT2D eigenvalue weighted by molar-refractivity contribution is -0.142. The Morgan fingerprint density at radius 2 is 2.19 bits per heavy atom. The highest BCUT2D eigenvalue weighted by molar-refractivity contribution is 5.70. The Bertz CT molecular complexity index is 525. The van der Waals surface area contributed by atoms with E-state index in [1.54, 1.807) is 0 Å². The summed E-state index contributed by atoms with van der Waals surface area (Å²) in [6.07, 6.45) is 2.95. The molecule has 1 heterocycles. The van der Waals surface area contributed by atoms with Crippen LogP contribution in [0.1, 0.15) is 31.7 Å². The summed E-state index contributed by atoms with van der Waals surface area (Å²) in [7, 11) is 1.47. The van der Waals surface area contributed by atoms with Crippen molar-refractivity contribution in [1.82, 2.24) is 4.90 Å². The van der Waals surface area contributed by atoms with Crippen molar-refractivity contribution in [2.75, 3.05) is 20.2 Å². The molecular formula is C17H23NO3. The predicted molar refractivity (Wildman–Crippen MR) is 80.1 cm³/mol. The molecule has 114 valence electrons. The molecule has 1 aromatic carbocycles. The maximum Gasteiger partial charge on any atom is 0.306 e. The molecule has 0 bridgehead atoms. The minimum absolute atomic E-state index is 0.0907. The molecule has 0 amide bonds. The van der Waals surface area contributed by atoms with Crippen LogP contribution in [0.15, 0.2) is 24.3 Å². The Labute approximate surface area is 126 Å². The minimum atomic E-state index is -0.0907. The molecule has 1 aliphatic carbocycles. The first-order valence-corrected chi connectivity index (χ1v) is 7.64. The van der Waals surface area contributed by atoms with Crippen LogP contribution in [-0.4, -0.2) is 37.2 Å². The number of nitrogens with zero attached hydrogens (tertiary/aromatic N) is 1. The summed E-state index contributed by atoms with van der Waals surface area (Å²) in [6, 6.07) is 8.23. The second kappa shape index (κ2) is 5.68. The van der Waals surface area contributed by atoms with Crippen LogP contribution in [0, 0.1) is 5.41 Å². The Morgan fingerprint density at radius 1 is 1.43 bits per heavy atom. The Morgan fingerprint density at radius 3 is 2.90 bits per heavy atom. The molecule has 1 unspecified atom stereocenters. The standard InChI is InChI=1S/C17H23NO3/c1-13-10-18(11-14-5-3-4-6-15(14)21-13)12-17(7-8-17)9-16(19)20-2/h3-6,13H,7-12H2,1-2H3. The SMILES string of the molecule is COC(=O)CC1(CN2Cc3ccccc3OC(C)C2)CC1. The molecule has 1 atom stereocenters. The quantitative estimate of drug-likeness (QED) is 0.799. The van der Waals surface area contributed by atoms with Crippen LogP contribution in [-0.2, 0) is 16.1 Å². The molecule has 0 saturated heterocycles. The fraction of sp³-hybridized carbons (Fsp3) is 0.588. The number of esters is 1. The summed E-state index contributed by atoms with van der Waals surface area (Å²) < 4.78 is 10.8. The van der Waals surface area contributed by atoms with Crippen molar-refractivity contribution in [2.24, 2.45) is 5.41 Å². The maximum atomic E-state index is 11.6. The zero-order chi connectivity index (χ0) is 14.9. The van der Waals surface area contributed by atoms with Gasteiger partial charge in [-0.05, 0) is 31.2 Å². The van der Waals surface area contributed by atoms with Gasteiger partial charge < -0.3 is 9.47 Å². The van der Waals surface area contributed by atoms with Crippen LogP contribution >= 0.6 is 0 Å². The van der Waals surface area contributed by atoms with Gasteiger partial charge in [-0.25, -0.2) is 0 Å². The lowest BCUT2D eigenvalue weighted by atomic mass is 10.0. The first kappa shape index (κ1) is 14.4. The lowest BCUT2D eigenvalue weighted by Gasteiger charge is -2.26. The van der Waals surface area contributed by atoms with Gasteiger partial charge in [0.15, 0.2) is 0 Å². The van der Waals surface area contributed by atoms with Crippen LogP contribution in [0.25, 0.3) is 0 Å². The molecule has 0 radical (unpaired) electrons. The van der Waals surface area contributed by atoms with Gasteiger partial charge in [0.25, 0.3) is 0 Å². The fourth-order valence-electron chi connectivity index (χ4n) is 3.21. The first-order chi connectivity index (χ1) is 10.1. The number of carbonyl (C=O) groups excluding carboxylic acids is 1. The van der Waals surface area contributed by atoms with Crippen molar-refractivity contribution in [3.63, 3.8) is 0 Å². The number of para-hydroxylation sites is 1. The zero-order valence-electron chi connectivity index (χ0n) is 12.8. The topological polar surface area (TPSA) is 38.8 Å².